The van der Waals surface area contributed by atoms with E-state index in [0.717, 1.165) is 6.42 Å². The molecule has 0 unspecified atom stereocenters. The van der Waals surface area contributed by atoms with E-state index >= 15 is 0 Å². The quantitative estimate of drug-likeness (QED) is 0.827. The first-order chi connectivity index (χ1) is 12.2. The topological polar surface area (TPSA) is 66.0 Å². The molecule has 0 saturated heterocycles. The molecular weight excluding hydrogens is 322 g/mol. The number of hydrogen-bond acceptors (Lipinski definition) is 5. The van der Waals surface area contributed by atoms with Gasteiger partial charge in [-0.15, -0.1) is 0 Å². The summed E-state index contributed by atoms with van der Waals surface area (Å²) >= 11 is 0. The molecule has 3 rings (SSSR count). The Hall–Kier alpha value is -2.89. The second kappa shape index (κ2) is 7.79. The minimum absolute atomic E-state index is 0.198. The second-order valence-corrected chi connectivity index (χ2v) is 5.47. The molecule has 2 aromatic rings. The summed E-state index contributed by atoms with van der Waals surface area (Å²) in [5.74, 6) is 2.27. The van der Waals surface area contributed by atoms with E-state index in [1.165, 1.54) is 0 Å². The van der Waals surface area contributed by atoms with Crippen molar-refractivity contribution in [3.05, 3.63) is 42.0 Å². The van der Waals surface area contributed by atoms with Crippen LogP contribution in [0.3, 0.4) is 0 Å². The van der Waals surface area contributed by atoms with Gasteiger partial charge in [0.15, 0.2) is 23.0 Å². The highest BCUT2D eigenvalue weighted by Gasteiger charge is 2.16. The van der Waals surface area contributed by atoms with Crippen molar-refractivity contribution < 1.29 is 23.7 Å². The molecule has 1 aliphatic rings. The van der Waals surface area contributed by atoms with Crippen molar-refractivity contribution in [1.29, 1.82) is 0 Å². The van der Waals surface area contributed by atoms with Crippen molar-refractivity contribution in [2.24, 2.45) is 0 Å². The summed E-state index contributed by atoms with van der Waals surface area (Å²) in [5.41, 5.74) is 1.13. The lowest BCUT2D eigenvalue weighted by atomic mass is 10.1. The molecule has 0 atom stereocenters. The number of carbonyl (C=O) groups excluding carboxylic acids is 1. The lowest BCUT2D eigenvalue weighted by Crippen LogP contribution is -2.12. The highest BCUT2D eigenvalue weighted by molar-refractivity contribution is 6.04. The number of ether oxygens (including phenoxy) is 4. The number of carbonyl (C=O) groups is 1. The molecule has 1 aliphatic heterocycles. The van der Waals surface area contributed by atoms with Crippen LogP contribution in [0.1, 0.15) is 30.6 Å². The smallest absolute Gasteiger partial charge is 0.255 e. The van der Waals surface area contributed by atoms with E-state index in [1.54, 1.807) is 36.4 Å². The van der Waals surface area contributed by atoms with E-state index < -0.39 is 0 Å². The zero-order valence-corrected chi connectivity index (χ0v) is 14.3. The molecule has 1 heterocycles. The first-order valence-electron chi connectivity index (χ1n) is 8.32. The molecule has 0 fully saturated rings. The molecule has 0 aromatic heterocycles. The highest BCUT2D eigenvalue weighted by Crippen LogP contribution is 2.34. The van der Waals surface area contributed by atoms with Gasteiger partial charge in [0.1, 0.15) is 0 Å². The number of hydrogen-bond donors (Lipinski definition) is 1. The molecule has 0 spiro atoms. The lowest BCUT2D eigenvalue weighted by Gasteiger charge is -2.13. The maximum absolute atomic E-state index is 12.5. The summed E-state index contributed by atoms with van der Waals surface area (Å²) in [4.78, 5) is 12.5. The van der Waals surface area contributed by atoms with Crippen LogP contribution < -0.4 is 24.3 Å². The van der Waals surface area contributed by atoms with Crippen LogP contribution in [0.2, 0.25) is 0 Å². The van der Waals surface area contributed by atoms with E-state index in [9.17, 15) is 4.79 Å². The minimum Gasteiger partial charge on any atom is -0.490 e. The first-order valence-corrected chi connectivity index (χ1v) is 8.32. The summed E-state index contributed by atoms with van der Waals surface area (Å²) in [6.45, 7) is 5.22. The molecule has 25 heavy (non-hydrogen) atoms. The Morgan fingerprint density at radius 2 is 1.88 bits per heavy atom. The maximum Gasteiger partial charge on any atom is 0.255 e. The van der Waals surface area contributed by atoms with E-state index in [4.69, 9.17) is 18.9 Å². The van der Waals surface area contributed by atoms with Crippen molar-refractivity contribution in [3.63, 3.8) is 0 Å². The molecular formula is C19H21NO5. The number of anilines is 1. The fourth-order valence-electron chi connectivity index (χ4n) is 2.43. The number of amides is 1. The van der Waals surface area contributed by atoms with E-state index in [0.29, 0.717) is 47.5 Å². The van der Waals surface area contributed by atoms with Crippen LogP contribution in [0, 0.1) is 0 Å². The number of nitrogens with one attached hydrogen (secondary N) is 1. The minimum atomic E-state index is -0.234. The van der Waals surface area contributed by atoms with Crippen molar-refractivity contribution in [3.8, 4) is 23.0 Å². The van der Waals surface area contributed by atoms with Crippen LogP contribution in [-0.2, 0) is 0 Å². The largest absolute Gasteiger partial charge is 0.490 e. The monoisotopic (exact) mass is 343 g/mol. The summed E-state index contributed by atoms with van der Waals surface area (Å²) in [5, 5.41) is 2.85. The SMILES string of the molecule is CCCOc1ccc(C(=O)Nc2ccc3c(c2)OCO3)cc1OCC. The lowest BCUT2D eigenvalue weighted by molar-refractivity contribution is 0.102. The fourth-order valence-corrected chi connectivity index (χ4v) is 2.43. The van der Waals surface area contributed by atoms with Crippen LogP contribution in [0.5, 0.6) is 23.0 Å². The van der Waals surface area contributed by atoms with Crippen molar-refractivity contribution in [2.45, 2.75) is 20.3 Å². The standard InChI is InChI=1S/C19H21NO5/c1-3-9-23-15-7-5-13(10-17(15)22-4-2)19(21)20-14-6-8-16-18(11-14)25-12-24-16/h5-8,10-11H,3-4,9,12H2,1-2H3,(H,20,21). The van der Waals surface area contributed by atoms with Gasteiger partial charge in [-0.2, -0.15) is 0 Å². The molecule has 1 amide bonds. The van der Waals surface area contributed by atoms with Crippen LogP contribution >= 0.6 is 0 Å². The third-order valence-electron chi connectivity index (χ3n) is 3.60. The average Bonchev–Trinajstić information content (AvgIpc) is 3.08. The predicted octanol–water partition coefficient (Wildman–Crippen LogP) is 3.86. The van der Waals surface area contributed by atoms with Crippen LogP contribution in [0.15, 0.2) is 36.4 Å². The summed E-state index contributed by atoms with van der Waals surface area (Å²) < 4.78 is 21.8. The molecule has 6 nitrogen and oxygen atoms in total. The molecule has 0 radical (unpaired) electrons. The Kier molecular flexibility index (Phi) is 5.28. The Bertz CT molecular complexity index is 759. The van der Waals surface area contributed by atoms with Gasteiger partial charge in [-0.05, 0) is 43.7 Å². The maximum atomic E-state index is 12.5. The van der Waals surface area contributed by atoms with Gasteiger partial charge in [0.05, 0.1) is 13.2 Å². The second-order valence-electron chi connectivity index (χ2n) is 5.47. The molecule has 2 aromatic carbocycles. The van der Waals surface area contributed by atoms with Gasteiger partial charge in [-0.25, -0.2) is 0 Å². The number of fused-ring (bicyclic) bond motifs is 1. The molecule has 1 N–H and O–H groups in total. The van der Waals surface area contributed by atoms with Gasteiger partial charge in [-0.1, -0.05) is 6.92 Å². The Morgan fingerprint density at radius 3 is 2.68 bits per heavy atom. The number of rotatable bonds is 7. The average molecular weight is 343 g/mol. The molecule has 132 valence electrons. The van der Waals surface area contributed by atoms with Gasteiger partial charge in [0.25, 0.3) is 5.91 Å². The predicted molar refractivity (Wildman–Crippen MR) is 93.9 cm³/mol. The normalized spacial score (nSPS) is 11.9. The van der Waals surface area contributed by atoms with Gasteiger partial charge in [0, 0.05) is 17.3 Å². The van der Waals surface area contributed by atoms with Gasteiger partial charge >= 0.3 is 0 Å². The third kappa shape index (κ3) is 3.96. The van der Waals surface area contributed by atoms with Gasteiger partial charge in [0.2, 0.25) is 6.79 Å². The first kappa shape index (κ1) is 17.0. The summed E-state index contributed by atoms with van der Waals surface area (Å²) in [7, 11) is 0. The van der Waals surface area contributed by atoms with Crippen LogP contribution in [0.4, 0.5) is 5.69 Å². The van der Waals surface area contributed by atoms with Gasteiger partial charge in [-0.3, -0.25) is 4.79 Å². The third-order valence-corrected chi connectivity index (χ3v) is 3.60. The Morgan fingerprint density at radius 1 is 1.04 bits per heavy atom. The van der Waals surface area contributed by atoms with Crippen molar-refractivity contribution in [1.82, 2.24) is 0 Å². The molecule has 0 saturated carbocycles. The highest BCUT2D eigenvalue weighted by atomic mass is 16.7. The molecule has 0 bridgehead atoms. The van der Waals surface area contributed by atoms with E-state index in [1.807, 2.05) is 13.8 Å². The van der Waals surface area contributed by atoms with Crippen LogP contribution in [0.25, 0.3) is 0 Å². The zero-order chi connectivity index (χ0) is 17.6. The zero-order valence-electron chi connectivity index (χ0n) is 14.3. The fraction of sp³-hybridized carbons (Fsp3) is 0.316. The molecule has 0 aliphatic carbocycles. The van der Waals surface area contributed by atoms with Crippen molar-refractivity contribution >= 4 is 11.6 Å². The van der Waals surface area contributed by atoms with E-state index in [2.05, 4.69) is 5.32 Å². The molecule has 6 heteroatoms. The van der Waals surface area contributed by atoms with Crippen molar-refractivity contribution in [2.75, 3.05) is 25.3 Å². The number of benzene rings is 2. The Balaban J connectivity index is 1.76. The summed E-state index contributed by atoms with van der Waals surface area (Å²) in [6.07, 6.45) is 0.901. The van der Waals surface area contributed by atoms with Crippen LogP contribution in [-0.4, -0.2) is 25.9 Å². The van der Waals surface area contributed by atoms with E-state index in [-0.39, 0.29) is 12.7 Å². The Labute approximate surface area is 146 Å². The summed E-state index contributed by atoms with van der Waals surface area (Å²) in [6, 6.07) is 10.4. The van der Waals surface area contributed by atoms with Gasteiger partial charge < -0.3 is 24.3 Å².